The van der Waals surface area contributed by atoms with Crippen molar-refractivity contribution in [1.82, 2.24) is 17.5 Å². The van der Waals surface area contributed by atoms with Crippen LogP contribution in [0.4, 0.5) is 0 Å². The van der Waals surface area contributed by atoms with Crippen LogP contribution in [0.5, 0.6) is 0 Å². The van der Waals surface area contributed by atoms with Crippen molar-refractivity contribution in [2.75, 3.05) is 0 Å². The van der Waals surface area contributed by atoms with Crippen LogP contribution in [0.2, 0.25) is 0 Å². The molecule has 4 aromatic heterocycles. The Hall–Kier alpha value is -2.26. The summed E-state index contributed by atoms with van der Waals surface area (Å²) in [6.07, 6.45) is 42.0. The molecule has 0 radical (unpaired) electrons. The van der Waals surface area contributed by atoms with Gasteiger partial charge in [-0.05, 0) is 67.6 Å². The van der Waals surface area contributed by atoms with Crippen LogP contribution in [0.15, 0.2) is 24.3 Å². The van der Waals surface area contributed by atoms with E-state index in [2.05, 4.69) is 56.3 Å². The van der Waals surface area contributed by atoms with Gasteiger partial charge in [0.25, 0.3) is 0 Å². The van der Waals surface area contributed by atoms with Crippen molar-refractivity contribution in [3.05, 3.63) is 45.8 Å². The number of unbranched alkanes of at least 4 members (excludes halogenated alkanes) is 26. The third kappa shape index (κ3) is 11.7. The fraction of sp³-hybridized carbons (Fsp3) is 0.660. The summed E-state index contributed by atoms with van der Waals surface area (Å²) < 4.78 is 19.3. The fourth-order valence-corrected chi connectivity index (χ4v) is 14.3. The number of fused-ring (bicyclic) bond motifs is 8. The van der Waals surface area contributed by atoms with E-state index in [0.717, 1.165) is 38.4 Å². The van der Waals surface area contributed by atoms with Crippen LogP contribution in [-0.4, -0.2) is 17.5 Å². The van der Waals surface area contributed by atoms with Gasteiger partial charge in [0.15, 0.2) is 0 Å². The Morgan fingerprint density at radius 3 is 1.31 bits per heavy atom. The van der Waals surface area contributed by atoms with E-state index in [1.165, 1.54) is 236 Å². The average Bonchev–Trinajstić information content (AvgIpc) is 4.11. The number of thiophene rings is 2. The van der Waals surface area contributed by atoms with E-state index < -0.39 is 0 Å². The number of benzene rings is 2. The van der Waals surface area contributed by atoms with Crippen LogP contribution < -0.4 is 0 Å². The molecule has 1 aliphatic carbocycles. The Morgan fingerprint density at radius 2 is 0.803 bits per heavy atom. The van der Waals surface area contributed by atoms with E-state index in [1.807, 2.05) is 22.7 Å². The first-order valence-corrected chi connectivity index (χ1v) is 28.2. The molecule has 0 fully saturated rings. The molecule has 0 spiro atoms. The van der Waals surface area contributed by atoms with Crippen molar-refractivity contribution in [3.8, 4) is 20.2 Å². The SMILES string of the molecule is CCCCCCCCCCCCCCCCC1(CCCCCCCCCCCCCCCC)c2cc(C)sc2-c2sc(-c3cc4c(cc(C)c5nsnc54)c4nsnc34)cc21. The third-order valence-corrected chi connectivity index (χ3v) is 17.5. The van der Waals surface area contributed by atoms with Crippen molar-refractivity contribution >= 4 is 79.0 Å². The van der Waals surface area contributed by atoms with Gasteiger partial charge in [0.1, 0.15) is 22.1 Å². The van der Waals surface area contributed by atoms with Crippen molar-refractivity contribution in [1.29, 1.82) is 0 Å². The number of aryl methyl sites for hydroxylation is 2. The standard InChI is InChI=1S/C53H76N4S4/c1-5-7-9-11-13-15-17-19-21-23-25-27-29-31-33-53(34-32-30-28-26-24-22-20-18-16-14-12-10-8-6-2)44-36-40(4)58-51(44)52-45(53)38-46(59-52)43-37-42-41(49-50(43)57-61-56-49)35-39(3)47-48(42)55-60-54-47/h35-38H,5-34H2,1-4H3. The molecule has 0 saturated carbocycles. The van der Waals surface area contributed by atoms with Crippen LogP contribution >= 0.6 is 46.1 Å². The third-order valence-electron chi connectivity index (χ3n) is 14.1. The summed E-state index contributed by atoms with van der Waals surface area (Å²) in [5.41, 5.74) is 9.80. The van der Waals surface area contributed by atoms with Crippen molar-refractivity contribution in [3.63, 3.8) is 0 Å². The Labute approximate surface area is 385 Å². The molecule has 2 aromatic carbocycles. The minimum atomic E-state index is 0.109. The maximum Gasteiger partial charge on any atom is 0.114 e. The molecule has 0 unspecified atom stereocenters. The first-order valence-electron chi connectivity index (χ1n) is 25.1. The maximum absolute atomic E-state index is 4.96. The Kier molecular flexibility index (Phi) is 18.5. The second kappa shape index (κ2) is 24.1. The van der Waals surface area contributed by atoms with Gasteiger partial charge in [0.2, 0.25) is 0 Å². The number of aromatic nitrogens is 4. The molecule has 0 saturated heterocycles. The lowest BCUT2D eigenvalue weighted by Crippen LogP contribution is -2.25. The lowest BCUT2D eigenvalue weighted by Gasteiger charge is -2.31. The maximum atomic E-state index is 4.96. The molecule has 1 aliphatic rings. The molecule has 0 bridgehead atoms. The second-order valence-electron chi connectivity index (χ2n) is 18.9. The highest BCUT2D eigenvalue weighted by Gasteiger charge is 2.45. The van der Waals surface area contributed by atoms with E-state index in [1.54, 1.807) is 16.0 Å². The number of hydrogen-bond acceptors (Lipinski definition) is 8. The summed E-state index contributed by atoms with van der Waals surface area (Å²) in [6.45, 7) is 9.10. The smallest absolute Gasteiger partial charge is 0.114 e. The van der Waals surface area contributed by atoms with Gasteiger partial charge >= 0.3 is 0 Å². The number of hydrogen-bond donors (Lipinski definition) is 0. The highest BCUT2D eigenvalue weighted by Crippen LogP contribution is 2.61. The quantitative estimate of drug-likeness (QED) is 0.0408. The molecule has 7 rings (SSSR count). The predicted octanol–water partition coefficient (Wildman–Crippen LogP) is 19.3. The molecule has 0 N–H and O–H groups in total. The van der Waals surface area contributed by atoms with Crippen molar-refractivity contribution < 1.29 is 0 Å². The fourth-order valence-electron chi connectivity index (χ4n) is 10.5. The molecule has 61 heavy (non-hydrogen) atoms. The van der Waals surface area contributed by atoms with Gasteiger partial charge in [-0.3, -0.25) is 0 Å². The zero-order valence-electron chi connectivity index (χ0n) is 38.4. The second-order valence-corrected chi connectivity index (χ2v) is 22.2. The Bertz CT molecular complexity index is 2190. The van der Waals surface area contributed by atoms with Crippen LogP contribution in [0.1, 0.15) is 228 Å². The molecule has 0 amide bonds. The molecular formula is C53H76N4S4. The van der Waals surface area contributed by atoms with Crippen molar-refractivity contribution in [2.24, 2.45) is 0 Å². The average molecular weight is 897 g/mol. The van der Waals surface area contributed by atoms with E-state index in [4.69, 9.17) is 13.1 Å². The molecule has 6 aromatic rings. The lowest BCUT2D eigenvalue weighted by molar-refractivity contribution is 0.397. The topological polar surface area (TPSA) is 51.6 Å². The van der Waals surface area contributed by atoms with E-state index in [0.29, 0.717) is 0 Å². The van der Waals surface area contributed by atoms with Gasteiger partial charge in [-0.2, -0.15) is 17.5 Å². The van der Waals surface area contributed by atoms with Gasteiger partial charge in [0, 0.05) is 41.3 Å². The van der Waals surface area contributed by atoms with Crippen LogP contribution in [-0.2, 0) is 5.41 Å². The zero-order chi connectivity index (χ0) is 42.3. The highest BCUT2D eigenvalue weighted by molar-refractivity contribution is 7.24. The Balaban J connectivity index is 1.02. The largest absolute Gasteiger partial charge is 0.173 e. The molecule has 8 heteroatoms. The number of nitrogens with zero attached hydrogens (tertiary/aromatic N) is 4. The van der Waals surface area contributed by atoms with E-state index in [-0.39, 0.29) is 5.41 Å². The van der Waals surface area contributed by atoms with E-state index >= 15 is 0 Å². The molecule has 4 heterocycles. The summed E-state index contributed by atoms with van der Waals surface area (Å²) in [6, 6.07) is 9.82. The van der Waals surface area contributed by atoms with Crippen LogP contribution in [0.3, 0.4) is 0 Å². The van der Waals surface area contributed by atoms with Crippen LogP contribution in [0, 0.1) is 13.8 Å². The lowest BCUT2D eigenvalue weighted by atomic mass is 9.71. The minimum absolute atomic E-state index is 0.109. The summed E-state index contributed by atoms with van der Waals surface area (Å²) in [4.78, 5) is 5.88. The first kappa shape index (κ1) is 46.7. The normalized spacial score (nSPS) is 13.4. The van der Waals surface area contributed by atoms with Crippen LogP contribution in [0.25, 0.3) is 53.0 Å². The minimum Gasteiger partial charge on any atom is -0.173 e. The molecule has 4 nitrogen and oxygen atoms in total. The Morgan fingerprint density at radius 1 is 0.410 bits per heavy atom. The zero-order valence-corrected chi connectivity index (χ0v) is 41.7. The summed E-state index contributed by atoms with van der Waals surface area (Å²) in [5, 5.41) is 2.30. The van der Waals surface area contributed by atoms with Gasteiger partial charge in [-0.15, -0.1) is 22.7 Å². The van der Waals surface area contributed by atoms with Gasteiger partial charge in [-0.25, -0.2) is 0 Å². The highest BCUT2D eigenvalue weighted by atomic mass is 32.1. The van der Waals surface area contributed by atoms with Crippen molar-refractivity contribution in [2.45, 2.75) is 226 Å². The van der Waals surface area contributed by atoms with Gasteiger partial charge in [0.05, 0.1) is 23.5 Å². The molecule has 0 aliphatic heterocycles. The van der Waals surface area contributed by atoms with Gasteiger partial charge in [-0.1, -0.05) is 194 Å². The molecule has 332 valence electrons. The molecule has 0 atom stereocenters. The monoisotopic (exact) mass is 896 g/mol. The predicted molar refractivity (Wildman–Crippen MR) is 273 cm³/mol. The summed E-state index contributed by atoms with van der Waals surface area (Å²) >= 11 is 6.70. The number of rotatable bonds is 31. The van der Waals surface area contributed by atoms with E-state index in [9.17, 15) is 0 Å². The molecular weight excluding hydrogens is 821 g/mol. The summed E-state index contributed by atoms with van der Waals surface area (Å²) in [5.74, 6) is 0. The summed E-state index contributed by atoms with van der Waals surface area (Å²) in [7, 11) is 0. The first-order chi connectivity index (χ1) is 30.1. The van der Waals surface area contributed by atoms with Gasteiger partial charge < -0.3 is 0 Å².